The molecule has 0 bridgehead atoms. The van der Waals surface area contributed by atoms with Crippen molar-refractivity contribution in [2.45, 2.75) is 63.1 Å². The Balaban J connectivity index is 1.29. The summed E-state index contributed by atoms with van der Waals surface area (Å²) in [6, 6.07) is 6.62. The molecule has 2 aliphatic heterocycles. The van der Waals surface area contributed by atoms with Gasteiger partial charge in [-0.1, -0.05) is 24.4 Å². The van der Waals surface area contributed by atoms with E-state index in [1.54, 1.807) is 11.8 Å². The van der Waals surface area contributed by atoms with E-state index in [4.69, 9.17) is 16.6 Å². The Labute approximate surface area is 191 Å². The molecular weight excluding hydrogens is 432 g/mol. The molecule has 2 fully saturated rings. The maximum atomic E-state index is 11.4. The summed E-state index contributed by atoms with van der Waals surface area (Å²) in [7, 11) is 0. The highest BCUT2D eigenvalue weighted by Gasteiger charge is 2.31. The van der Waals surface area contributed by atoms with Gasteiger partial charge in [0.05, 0.1) is 22.9 Å². The predicted octanol–water partition coefficient (Wildman–Crippen LogP) is 4.98. The van der Waals surface area contributed by atoms with E-state index in [2.05, 4.69) is 21.3 Å². The van der Waals surface area contributed by atoms with Gasteiger partial charge in [0.15, 0.2) is 0 Å². The number of carboxylic acids is 1. The van der Waals surface area contributed by atoms with E-state index in [0.717, 1.165) is 70.5 Å². The molecule has 1 aromatic carbocycles. The van der Waals surface area contributed by atoms with Crippen LogP contribution in [0.25, 0.3) is 10.9 Å². The number of H-pyrrole nitrogens is 1. The van der Waals surface area contributed by atoms with Gasteiger partial charge in [0.25, 0.3) is 0 Å². The van der Waals surface area contributed by atoms with Crippen LogP contribution in [-0.4, -0.2) is 63.0 Å². The van der Waals surface area contributed by atoms with Crippen LogP contribution in [0.1, 0.15) is 50.6 Å². The number of halogens is 1. The third kappa shape index (κ3) is 4.59. The average Bonchev–Trinajstić information content (AvgIpc) is 3.51. The number of aliphatic carboxylic acids is 1. The number of anilines is 1. The fourth-order valence-electron chi connectivity index (χ4n) is 5.13. The van der Waals surface area contributed by atoms with Crippen molar-refractivity contribution < 1.29 is 9.90 Å². The number of aliphatic imine (C=N–C) groups is 1. The zero-order valence-electron chi connectivity index (χ0n) is 17.6. The molecule has 5 rings (SSSR count). The third-order valence-corrected chi connectivity index (χ3v) is 8.12. The van der Waals surface area contributed by atoms with Crippen LogP contribution in [0.5, 0.6) is 0 Å². The number of fused-ring (bicyclic) bond motifs is 1. The third-order valence-electron chi connectivity index (χ3n) is 6.75. The van der Waals surface area contributed by atoms with Crippen LogP contribution in [0.4, 0.5) is 5.69 Å². The van der Waals surface area contributed by atoms with E-state index in [1.807, 2.05) is 12.1 Å². The second-order valence-corrected chi connectivity index (χ2v) is 10.4. The summed E-state index contributed by atoms with van der Waals surface area (Å²) in [6.45, 7) is 1.68. The van der Waals surface area contributed by atoms with Gasteiger partial charge in [-0.2, -0.15) is 0 Å². The smallest absolute Gasteiger partial charge is 0.320 e. The van der Waals surface area contributed by atoms with Gasteiger partial charge in [-0.25, -0.2) is 0 Å². The van der Waals surface area contributed by atoms with Gasteiger partial charge >= 0.3 is 5.97 Å². The first-order valence-corrected chi connectivity index (χ1v) is 12.7. The molecular formula is C23H29ClN4O2S. The van der Waals surface area contributed by atoms with Crippen molar-refractivity contribution in [3.05, 3.63) is 28.9 Å². The lowest BCUT2D eigenvalue weighted by Gasteiger charge is -2.21. The molecule has 0 radical (unpaired) electrons. The molecule has 2 aromatic rings. The minimum atomic E-state index is -0.693. The molecule has 3 heterocycles. The van der Waals surface area contributed by atoms with E-state index in [0.29, 0.717) is 6.04 Å². The maximum Gasteiger partial charge on any atom is 0.320 e. The van der Waals surface area contributed by atoms with Crippen molar-refractivity contribution >= 4 is 51.0 Å². The van der Waals surface area contributed by atoms with Gasteiger partial charge in [0, 0.05) is 28.7 Å². The highest BCUT2D eigenvalue weighted by atomic mass is 35.5. The van der Waals surface area contributed by atoms with Gasteiger partial charge in [0.2, 0.25) is 0 Å². The summed E-state index contributed by atoms with van der Waals surface area (Å²) in [5, 5.41) is 16.0. The Bertz CT molecular complexity index is 1000. The molecule has 0 spiro atoms. The molecule has 1 aromatic heterocycles. The Hall–Kier alpha value is -1.70. The summed E-state index contributed by atoms with van der Waals surface area (Å²) in [5.74, 6) is 0.255. The molecule has 2 atom stereocenters. The van der Waals surface area contributed by atoms with E-state index < -0.39 is 5.97 Å². The molecule has 1 unspecified atom stereocenters. The monoisotopic (exact) mass is 460 g/mol. The minimum Gasteiger partial charge on any atom is -0.480 e. The number of carbonyl (C=O) groups is 1. The molecule has 1 saturated heterocycles. The van der Waals surface area contributed by atoms with E-state index in [-0.39, 0.29) is 12.1 Å². The van der Waals surface area contributed by atoms with Crippen molar-refractivity contribution in [3.8, 4) is 0 Å². The Morgan fingerprint density at radius 1 is 1.26 bits per heavy atom. The Morgan fingerprint density at radius 3 is 2.90 bits per heavy atom. The number of rotatable bonds is 7. The highest BCUT2D eigenvalue weighted by molar-refractivity contribution is 8.14. The largest absolute Gasteiger partial charge is 0.480 e. The number of thioether (sulfide) groups is 1. The number of hydrogen-bond acceptors (Lipinski definition) is 5. The molecule has 8 heteroatoms. The van der Waals surface area contributed by atoms with Crippen molar-refractivity contribution in [2.75, 3.05) is 24.2 Å². The van der Waals surface area contributed by atoms with E-state index in [9.17, 15) is 9.90 Å². The summed E-state index contributed by atoms with van der Waals surface area (Å²) < 4.78 is 0. The number of hydrogen-bond donors (Lipinski definition) is 3. The van der Waals surface area contributed by atoms with Gasteiger partial charge in [-0.3, -0.25) is 14.7 Å². The lowest BCUT2D eigenvalue weighted by Crippen LogP contribution is -2.37. The zero-order chi connectivity index (χ0) is 21.4. The van der Waals surface area contributed by atoms with Crippen molar-refractivity contribution in [3.63, 3.8) is 0 Å². The summed E-state index contributed by atoms with van der Waals surface area (Å²) in [5.41, 5.74) is 3.22. The number of likely N-dealkylation sites (tertiary alicyclic amines) is 1. The van der Waals surface area contributed by atoms with Crippen molar-refractivity contribution in [1.82, 2.24) is 9.88 Å². The van der Waals surface area contributed by atoms with Crippen LogP contribution in [0.15, 0.2) is 23.2 Å². The van der Waals surface area contributed by atoms with Crippen LogP contribution in [0.2, 0.25) is 5.02 Å². The highest BCUT2D eigenvalue weighted by Crippen LogP contribution is 2.34. The summed E-state index contributed by atoms with van der Waals surface area (Å²) in [4.78, 5) is 22.0. The first-order chi connectivity index (χ1) is 15.1. The Morgan fingerprint density at radius 2 is 2.10 bits per heavy atom. The number of benzene rings is 1. The number of nitrogens with zero attached hydrogens (tertiary/aromatic N) is 2. The lowest BCUT2D eigenvalue weighted by atomic mass is 10.2. The van der Waals surface area contributed by atoms with Crippen molar-refractivity contribution in [2.24, 2.45) is 4.99 Å². The first kappa shape index (κ1) is 21.2. The van der Waals surface area contributed by atoms with Crippen LogP contribution in [0.3, 0.4) is 0 Å². The predicted molar refractivity (Wildman–Crippen MR) is 129 cm³/mol. The summed E-state index contributed by atoms with van der Waals surface area (Å²) in [6.07, 6.45) is 7.64. The van der Waals surface area contributed by atoms with Crippen LogP contribution < -0.4 is 5.32 Å². The van der Waals surface area contributed by atoms with Crippen LogP contribution in [0, 0.1) is 0 Å². The lowest BCUT2D eigenvalue weighted by molar-refractivity contribution is -0.142. The normalized spacial score (nSPS) is 24.9. The molecule has 3 aliphatic rings. The molecule has 166 valence electrons. The standard InChI is InChI=1S/C23H29ClN4O2S/c24-15-10-14-11-19(27-21(14)18(12-15)25-16-4-1-2-5-16)22-26-17(13-31-22)7-9-28-8-3-6-20(28)23(29)30/h10-12,16-17,20,25,27H,1-9,13H2,(H,29,30)/t17-,20?/m1/s1. The Kier molecular flexibility index (Phi) is 6.17. The maximum absolute atomic E-state index is 11.4. The second-order valence-electron chi connectivity index (χ2n) is 8.95. The first-order valence-electron chi connectivity index (χ1n) is 11.3. The second kappa shape index (κ2) is 9.04. The van der Waals surface area contributed by atoms with Crippen molar-refractivity contribution in [1.29, 1.82) is 0 Å². The molecule has 3 N–H and O–H groups in total. The number of carboxylic acid groups (broad SMARTS) is 1. The zero-order valence-corrected chi connectivity index (χ0v) is 19.1. The minimum absolute atomic E-state index is 0.237. The van der Waals surface area contributed by atoms with Crippen LogP contribution >= 0.6 is 23.4 Å². The molecule has 0 amide bonds. The van der Waals surface area contributed by atoms with Crippen LogP contribution in [-0.2, 0) is 4.79 Å². The van der Waals surface area contributed by atoms with Gasteiger partial charge in [-0.15, -0.1) is 11.8 Å². The molecule has 1 saturated carbocycles. The summed E-state index contributed by atoms with van der Waals surface area (Å²) >= 11 is 8.18. The average molecular weight is 461 g/mol. The van der Waals surface area contributed by atoms with Gasteiger partial charge in [-0.05, 0) is 56.8 Å². The number of aromatic amines is 1. The molecule has 31 heavy (non-hydrogen) atoms. The number of nitrogens with one attached hydrogen (secondary N) is 2. The fraction of sp³-hybridized carbons (Fsp3) is 0.565. The quantitative estimate of drug-likeness (QED) is 0.543. The number of aromatic nitrogens is 1. The fourth-order valence-corrected chi connectivity index (χ4v) is 6.43. The SMILES string of the molecule is O=C(O)C1CCCN1CC[C@@H]1CSC(c2cc3cc(Cl)cc(NC4CCCC4)c3[nH]2)=N1. The van der Waals surface area contributed by atoms with Gasteiger partial charge in [0.1, 0.15) is 11.1 Å². The van der Waals surface area contributed by atoms with Gasteiger partial charge < -0.3 is 15.4 Å². The van der Waals surface area contributed by atoms with E-state index in [1.165, 1.54) is 25.7 Å². The topological polar surface area (TPSA) is 80.7 Å². The molecule has 1 aliphatic carbocycles. The molecule has 6 nitrogen and oxygen atoms in total. The van der Waals surface area contributed by atoms with E-state index >= 15 is 0 Å².